The van der Waals surface area contributed by atoms with Crippen molar-refractivity contribution >= 4 is 6.09 Å². The van der Waals surface area contributed by atoms with Crippen molar-refractivity contribution in [1.29, 1.82) is 0 Å². The fourth-order valence-electron chi connectivity index (χ4n) is 1.37. The second-order valence-electron chi connectivity index (χ2n) is 4.21. The van der Waals surface area contributed by atoms with Crippen LogP contribution in [-0.4, -0.2) is 6.09 Å². The first-order chi connectivity index (χ1) is 8.04. The number of hydrogen-bond acceptors (Lipinski definition) is 2. The first kappa shape index (κ1) is 13.3. The molecule has 0 saturated carbocycles. The van der Waals surface area contributed by atoms with Gasteiger partial charge in [0.2, 0.25) is 0 Å². The Bertz CT molecular complexity index is 422. The number of amides is 1. The number of ether oxygens (including phenoxy) is 1. The zero-order valence-corrected chi connectivity index (χ0v) is 10.8. The van der Waals surface area contributed by atoms with Crippen molar-refractivity contribution in [3.63, 3.8) is 0 Å². The van der Waals surface area contributed by atoms with Gasteiger partial charge in [-0.25, -0.2) is 4.79 Å². The highest BCUT2D eigenvalue weighted by Gasteiger charge is 2.08. The summed E-state index contributed by atoms with van der Waals surface area (Å²) in [5, 5.41) is 2.52. The molecule has 0 atom stereocenters. The normalized spacial score (nSPS) is 10.9. The van der Waals surface area contributed by atoms with Gasteiger partial charge in [0.25, 0.3) is 0 Å². The van der Waals surface area contributed by atoms with Crippen molar-refractivity contribution in [2.75, 3.05) is 0 Å². The Morgan fingerprint density at radius 2 is 2.12 bits per heavy atom. The highest BCUT2D eigenvalue weighted by atomic mass is 16.6. The smallest absolute Gasteiger partial charge is 0.410 e. The molecule has 0 saturated heterocycles. The second kappa shape index (κ2) is 6.09. The Morgan fingerprint density at radius 1 is 1.41 bits per heavy atom. The number of rotatable bonds is 3. The largest absolute Gasteiger partial charge is 0.416 e. The molecule has 0 radical (unpaired) electrons. The molecule has 0 aliphatic carbocycles. The summed E-state index contributed by atoms with van der Waals surface area (Å²) in [5.41, 5.74) is 2.11. The number of carbonyl (C=O) groups is 1. The van der Waals surface area contributed by atoms with Crippen LogP contribution in [0, 0.1) is 6.92 Å². The van der Waals surface area contributed by atoms with Gasteiger partial charge in [0.15, 0.2) is 0 Å². The van der Waals surface area contributed by atoms with Crippen LogP contribution in [-0.2, 0) is 0 Å². The molecule has 0 aliphatic heterocycles. The summed E-state index contributed by atoms with van der Waals surface area (Å²) in [4.78, 5) is 11.4. The maximum absolute atomic E-state index is 11.4. The van der Waals surface area contributed by atoms with E-state index >= 15 is 0 Å². The third kappa shape index (κ3) is 3.94. The van der Waals surface area contributed by atoms with E-state index < -0.39 is 6.09 Å². The average Bonchev–Trinajstić information content (AvgIpc) is 2.29. The van der Waals surface area contributed by atoms with Gasteiger partial charge in [-0.3, -0.25) is 5.32 Å². The molecule has 1 N–H and O–H groups in total. The number of aryl methyl sites for hydroxylation is 1. The van der Waals surface area contributed by atoms with Gasteiger partial charge in [-0.15, -0.1) is 0 Å². The molecule has 1 rings (SSSR count). The maximum Gasteiger partial charge on any atom is 0.416 e. The van der Waals surface area contributed by atoms with Crippen molar-refractivity contribution in [1.82, 2.24) is 5.32 Å². The molecule has 1 aromatic rings. The summed E-state index contributed by atoms with van der Waals surface area (Å²) in [6, 6.07) is 5.93. The molecular weight excluding hydrogens is 214 g/mol. The molecule has 0 bridgehead atoms. The van der Waals surface area contributed by atoms with Crippen LogP contribution < -0.4 is 10.1 Å². The Labute approximate surface area is 102 Å². The zero-order valence-electron chi connectivity index (χ0n) is 10.8. The predicted molar refractivity (Wildman–Crippen MR) is 69.2 cm³/mol. The van der Waals surface area contributed by atoms with E-state index in [-0.39, 0.29) is 0 Å². The minimum Gasteiger partial charge on any atom is -0.410 e. The summed E-state index contributed by atoms with van der Waals surface area (Å²) < 4.78 is 5.24. The number of benzene rings is 1. The Kier molecular flexibility index (Phi) is 4.76. The lowest BCUT2D eigenvalue weighted by Gasteiger charge is -2.11. The molecule has 1 aromatic carbocycles. The summed E-state index contributed by atoms with van der Waals surface area (Å²) in [7, 11) is 0. The summed E-state index contributed by atoms with van der Waals surface area (Å²) in [6.45, 7) is 7.95. The molecule has 1 amide bonds. The second-order valence-corrected chi connectivity index (χ2v) is 4.21. The molecule has 3 heteroatoms. The van der Waals surface area contributed by atoms with Crippen LogP contribution in [0.5, 0.6) is 5.75 Å². The van der Waals surface area contributed by atoms with Gasteiger partial charge in [0.1, 0.15) is 5.75 Å². The third-order valence-corrected chi connectivity index (χ3v) is 2.45. The molecule has 0 fully saturated rings. The molecule has 0 spiro atoms. The van der Waals surface area contributed by atoms with Crippen molar-refractivity contribution in [2.45, 2.75) is 33.6 Å². The van der Waals surface area contributed by atoms with Gasteiger partial charge < -0.3 is 4.74 Å². The van der Waals surface area contributed by atoms with Crippen LogP contribution in [0.25, 0.3) is 0 Å². The fraction of sp³-hybridized carbons (Fsp3) is 0.357. The molecule has 0 heterocycles. The summed E-state index contributed by atoms with van der Waals surface area (Å²) in [5.74, 6) is 1.02. The predicted octanol–water partition coefficient (Wildman–Crippen LogP) is 3.74. The van der Waals surface area contributed by atoms with E-state index in [0.29, 0.717) is 11.7 Å². The van der Waals surface area contributed by atoms with Crippen molar-refractivity contribution in [3.05, 3.63) is 41.6 Å². The quantitative estimate of drug-likeness (QED) is 0.863. The van der Waals surface area contributed by atoms with Crippen LogP contribution in [0.1, 0.15) is 37.8 Å². The standard InChI is InChI=1S/C14H19NO2/c1-5-8-15-14(16)17-13-9-12(10(2)3)7-6-11(13)4/h5-10H,1-4H3,(H,15,16). The van der Waals surface area contributed by atoms with Crippen LogP contribution in [0.3, 0.4) is 0 Å². The highest BCUT2D eigenvalue weighted by Crippen LogP contribution is 2.24. The molecule has 17 heavy (non-hydrogen) atoms. The van der Waals surface area contributed by atoms with Gasteiger partial charge >= 0.3 is 6.09 Å². The Hall–Kier alpha value is -1.77. The number of hydrogen-bond donors (Lipinski definition) is 1. The number of carbonyl (C=O) groups excluding carboxylic acids is 1. The lowest BCUT2D eigenvalue weighted by atomic mass is 10.0. The van der Waals surface area contributed by atoms with E-state index in [1.165, 1.54) is 0 Å². The first-order valence-electron chi connectivity index (χ1n) is 5.74. The first-order valence-corrected chi connectivity index (χ1v) is 5.74. The van der Waals surface area contributed by atoms with Crippen LogP contribution in [0.4, 0.5) is 4.79 Å². The third-order valence-electron chi connectivity index (χ3n) is 2.45. The van der Waals surface area contributed by atoms with E-state index in [1.54, 1.807) is 12.3 Å². The monoisotopic (exact) mass is 233 g/mol. The Morgan fingerprint density at radius 3 is 2.71 bits per heavy atom. The van der Waals surface area contributed by atoms with Crippen LogP contribution in [0.15, 0.2) is 30.5 Å². The lowest BCUT2D eigenvalue weighted by molar-refractivity contribution is 0.204. The Balaban J connectivity index is 2.82. The van der Waals surface area contributed by atoms with E-state index in [4.69, 9.17) is 4.74 Å². The minimum atomic E-state index is -0.466. The lowest BCUT2D eigenvalue weighted by Crippen LogP contribution is -2.21. The van der Waals surface area contributed by atoms with Crippen molar-refractivity contribution in [2.24, 2.45) is 0 Å². The van der Waals surface area contributed by atoms with E-state index in [2.05, 4.69) is 25.2 Å². The zero-order chi connectivity index (χ0) is 12.8. The van der Waals surface area contributed by atoms with Crippen molar-refractivity contribution < 1.29 is 9.53 Å². The summed E-state index contributed by atoms with van der Waals surface area (Å²) in [6.07, 6.45) is 2.81. The van der Waals surface area contributed by atoms with Gasteiger partial charge in [0.05, 0.1) is 0 Å². The van der Waals surface area contributed by atoms with E-state index in [1.807, 2.05) is 26.0 Å². The van der Waals surface area contributed by atoms with Gasteiger partial charge in [0, 0.05) is 6.20 Å². The maximum atomic E-state index is 11.4. The number of nitrogens with one attached hydrogen (secondary N) is 1. The van der Waals surface area contributed by atoms with Crippen LogP contribution in [0.2, 0.25) is 0 Å². The minimum absolute atomic E-state index is 0.413. The van der Waals surface area contributed by atoms with Crippen LogP contribution >= 0.6 is 0 Å². The molecule has 0 unspecified atom stereocenters. The van der Waals surface area contributed by atoms with E-state index in [0.717, 1.165) is 11.1 Å². The molecule has 0 aromatic heterocycles. The SMILES string of the molecule is CC=CNC(=O)Oc1cc(C(C)C)ccc1C. The van der Waals surface area contributed by atoms with Crippen molar-refractivity contribution in [3.8, 4) is 5.75 Å². The summed E-state index contributed by atoms with van der Waals surface area (Å²) >= 11 is 0. The molecule has 92 valence electrons. The molecule has 3 nitrogen and oxygen atoms in total. The van der Waals surface area contributed by atoms with Gasteiger partial charge in [-0.2, -0.15) is 0 Å². The topological polar surface area (TPSA) is 38.3 Å². The molecule has 0 aliphatic rings. The van der Waals surface area contributed by atoms with E-state index in [9.17, 15) is 4.79 Å². The highest BCUT2D eigenvalue weighted by molar-refractivity contribution is 5.71. The molecular formula is C14H19NO2. The average molecular weight is 233 g/mol. The fourth-order valence-corrected chi connectivity index (χ4v) is 1.37. The van der Waals surface area contributed by atoms with Gasteiger partial charge in [-0.05, 0) is 37.0 Å². The number of allylic oxidation sites excluding steroid dienone is 1. The van der Waals surface area contributed by atoms with Gasteiger partial charge in [-0.1, -0.05) is 32.1 Å².